The minimum atomic E-state index is 0.0677. The average molecular weight is 268 g/mol. The van der Waals surface area contributed by atoms with E-state index in [2.05, 4.69) is 6.07 Å². The highest BCUT2D eigenvalue weighted by molar-refractivity contribution is 5.98. The van der Waals surface area contributed by atoms with Gasteiger partial charge in [-0.1, -0.05) is 30.3 Å². The van der Waals surface area contributed by atoms with Crippen LogP contribution in [-0.4, -0.2) is 30.4 Å². The molecule has 20 heavy (non-hydrogen) atoms. The van der Waals surface area contributed by atoms with Gasteiger partial charge in [-0.3, -0.25) is 4.79 Å². The molecule has 1 atom stereocenters. The van der Waals surface area contributed by atoms with Crippen molar-refractivity contribution < 1.29 is 4.79 Å². The van der Waals surface area contributed by atoms with E-state index in [1.165, 1.54) is 12.8 Å². The van der Waals surface area contributed by atoms with Gasteiger partial charge in [0, 0.05) is 25.2 Å². The van der Waals surface area contributed by atoms with Crippen LogP contribution in [0.4, 0.5) is 0 Å². The number of carbonyl (C=O) groups excluding carboxylic acids is 1. The molecule has 0 radical (unpaired) electrons. The molecular formula is C17H20N2O. The first-order chi connectivity index (χ1) is 9.70. The Morgan fingerprint density at radius 3 is 2.60 bits per heavy atom. The van der Waals surface area contributed by atoms with Crippen molar-refractivity contribution in [1.82, 2.24) is 4.90 Å². The quantitative estimate of drug-likeness (QED) is 0.926. The van der Waals surface area contributed by atoms with Crippen molar-refractivity contribution in [2.75, 3.05) is 13.6 Å². The fraction of sp³-hybridized carbons (Fsp3) is 0.353. The zero-order chi connectivity index (χ0) is 14.1. The van der Waals surface area contributed by atoms with Gasteiger partial charge in [0.1, 0.15) is 0 Å². The van der Waals surface area contributed by atoms with Gasteiger partial charge in [-0.2, -0.15) is 0 Å². The Balaban J connectivity index is 1.87. The zero-order valence-electron chi connectivity index (χ0n) is 11.8. The number of fused-ring (bicyclic) bond motifs is 1. The average Bonchev–Trinajstić information content (AvgIpc) is 3.31. The van der Waals surface area contributed by atoms with E-state index in [9.17, 15) is 4.79 Å². The number of carbonyl (C=O) groups is 1. The van der Waals surface area contributed by atoms with E-state index in [0.717, 1.165) is 16.3 Å². The van der Waals surface area contributed by atoms with Crippen LogP contribution in [0.1, 0.15) is 23.2 Å². The summed E-state index contributed by atoms with van der Waals surface area (Å²) in [5.41, 5.74) is 6.57. The Bertz CT molecular complexity index is 634. The molecule has 1 amide bonds. The fourth-order valence-electron chi connectivity index (χ4n) is 2.82. The summed E-state index contributed by atoms with van der Waals surface area (Å²) in [6.07, 6.45) is 2.38. The predicted octanol–water partition coefficient (Wildman–Crippen LogP) is 2.65. The van der Waals surface area contributed by atoms with Crippen molar-refractivity contribution in [2.24, 2.45) is 11.7 Å². The van der Waals surface area contributed by atoms with Crippen molar-refractivity contribution in [2.45, 2.75) is 18.9 Å². The van der Waals surface area contributed by atoms with E-state index >= 15 is 0 Å². The Kier molecular flexibility index (Phi) is 3.45. The highest BCUT2D eigenvalue weighted by Crippen LogP contribution is 2.35. The van der Waals surface area contributed by atoms with Gasteiger partial charge >= 0.3 is 0 Å². The summed E-state index contributed by atoms with van der Waals surface area (Å²) in [5, 5.41) is 2.26. The summed E-state index contributed by atoms with van der Waals surface area (Å²) in [4.78, 5) is 14.4. The maximum Gasteiger partial charge on any atom is 0.253 e. The van der Waals surface area contributed by atoms with Gasteiger partial charge in [0.2, 0.25) is 0 Å². The van der Waals surface area contributed by atoms with E-state index < -0.39 is 0 Å². The van der Waals surface area contributed by atoms with E-state index in [1.54, 1.807) is 0 Å². The summed E-state index contributed by atoms with van der Waals surface area (Å²) in [7, 11) is 1.87. The predicted molar refractivity (Wildman–Crippen MR) is 81.6 cm³/mol. The minimum absolute atomic E-state index is 0.0677. The van der Waals surface area contributed by atoms with Crippen LogP contribution in [0.2, 0.25) is 0 Å². The van der Waals surface area contributed by atoms with Crippen LogP contribution < -0.4 is 5.73 Å². The van der Waals surface area contributed by atoms with Gasteiger partial charge < -0.3 is 10.6 Å². The molecule has 1 aliphatic carbocycles. The number of benzene rings is 2. The number of hydrogen-bond donors (Lipinski definition) is 1. The summed E-state index contributed by atoms with van der Waals surface area (Å²) >= 11 is 0. The van der Waals surface area contributed by atoms with E-state index in [4.69, 9.17) is 5.73 Å². The number of nitrogens with zero attached hydrogens (tertiary/aromatic N) is 1. The molecule has 3 rings (SSSR count). The third kappa shape index (κ3) is 2.41. The second-order valence-electron chi connectivity index (χ2n) is 5.62. The molecule has 0 saturated heterocycles. The largest absolute Gasteiger partial charge is 0.337 e. The number of rotatable bonds is 4. The van der Waals surface area contributed by atoms with Crippen LogP contribution >= 0.6 is 0 Å². The molecule has 1 fully saturated rings. The van der Waals surface area contributed by atoms with Gasteiger partial charge in [-0.15, -0.1) is 0 Å². The zero-order valence-corrected chi connectivity index (χ0v) is 11.8. The molecular weight excluding hydrogens is 248 g/mol. The molecule has 0 spiro atoms. The Hall–Kier alpha value is -1.87. The molecule has 0 heterocycles. The second-order valence-corrected chi connectivity index (χ2v) is 5.62. The number of amides is 1. The van der Waals surface area contributed by atoms with E-state index in [0.29, 0.717) is 12.5 Å². The lowest BCUT2D eigenvalue weighted by atomic mass is 10.0. The van der Waals surface area contributed by atoms with Gasteiger partial charge in [-0.25, -0.2) is 0 Å². The molecule has 104 valence electrons. The third-order valence-corrected chi connectivity index (χ3v) is 4.22. The normalized spacial score (nSPS) is 16.1. The Morgan fingerprint density at radius 2 is 1.95 bits per heavy atom. The minimum Gasteiger partial charge on any atom is -0.337 e. The van der Waals surface area contributed by atoms with Crippen molar-refractivity contribution in [1.29, 1.82) is 0 Å². The molecule has 2 aromatic carbocycles. The lowest BCUT2D eigenvalue weighted by Crippen LogP contribution is -2.43. The summed E-state index contributed by atoms with van der Waals surface area (Å²) < 4.78 is 0. The molecule has 1 aliphatic rings. The first-order valence-electron chi connectivity index (χ1n) is 7.16. The summed E-state index contributed by atoms with van der Waals surface area (Å²) in [6, 6.07) is 14.1. The number of nitrogens with two attached hydrogens (primary N) is 1. The van der Waals surface area contributed by atoms with Gasteiger partial charge in [-0.05, 0) is 41.7 Å². The molecule has 2 N–H and O–H groups in total. The SMILES string of the molecule is CN(C(=O)c1ccc2ccccc2c1)C(CN)C1CC1. The molecule has 0 aliphatic heterocycles. The van der Waals surface area contributed by atoms with Crippen molar-refractivity contribution >= 4 is 16.7 Å². The lowest BCUT2D eigenvalue weighted by molar-refractivity contribution is 0.0719. The van der Waals surface area contributed by atoms with E-state index in [1.807, 2.05) is 48.3 Å². The third-order valence-electron chi connectivity index (χ3n) is 4.22. The molecule has 3 nitrogen and oxygen atoms in total. The van der Waals surface area contributed by atoms with Crippen LogP contribution in [0.5, 0.6) is 0 Å². The highest BCUT2D eigenvalue weighted by Gasteiger charge is 2.34. The number of likely N-dealkylation sites (N-methyl/N-ethyl adjacent to an activating group) is 1. The van der Waals surface area contributed by atoms with Gasteiger partial charge in [0.05, 0.1) is 0 Å². The van der Waals surface area contributed by atoms with E-state index in [-0.39, 0.29) is 11.9 Å². The van der Waals surface area contributed by atoms with Crippen molar-refractivity contribution in [3.8, 4) is 0 Å². The molecule has 0 bridgehead atoms. The first kappa shape index (κ1) is 13.1. The van der Waals surface area contributed by atoms with Crippen LogP contribution in [0, 0.1) is 5.92 Å². The van der Waals surface area contributed by atoms with Crippen LogP contribution in [0.15, 0.2) is 42.5 Å². The fourth-order valence-corrected chi connectivity index (χ4v) is 2.82. The molecule has 2 aromatic rings. The summed E-state index contributed by atoms with van der Waals surface area (Å²) in [6.45, 7) is 0.542. The lowest BCUT2D eigenvalue weighted by Gasteiger charge is -2.27. The first-order valence-corrected chi connectivity index (χ1v) is 7.16. The van der Waals surface area contributed by atoms with Gasteiger partial charge in [0.25, 0.3) is 5.91 Å². The molecule has 3 heteroatoms. The Morgan fingerprint density at radius 1 is 1.25 bits per heavy atom. The maximum atomic E-state index is 12.6. The maximum absolute atomic E-state index is 12.6. The second kappa shape index (κ2) is 5.25. The van der Waals surface area contributed by atoms with Crippen LogP contribution in [0.25, 0.3) is 10.8 Å². The highest BCUT2D eigenvalue weighted by atomic mass is 16.2. The van der Waals surface area contributed by atoms with Crippen molar-refractivity contribution in [3.63, 3.8) is 0 Å². The number of hydrogen-bond acceptors (Lipinski definition) is 2. The van der Waals surface area contributed by atoms with Crippen molar-refractivity contribution in [3.05, 3.63) is 48.0 Å². The Labute approximate surface area is 119 Å². The van der Waals surface area contributed by atoms with Crippen LogP contribution in [-0.2, 0) is 0 Å². The standard InChI is InChI=1S/C17H20N2O/c1-19(16(11-18)13-7-8-13)17(20)15-9-6-12-4-2-3-5-14(12)10-15/h2-6,9-10,13,16H,7-8,11,18H2,1H3. The monoisotopic (exact) mass is 268 g/mol. The topological polar surface area (TPSA) is 46.3 Å². The smallest absolute Gasteiger partial charge is 0.253 e. The molecule has 1 unspecified atom stereocenters. The van der Waals surface area contributed by atoms with Crippen LogP contribution in [0.3, 0.4) is 0 Å². The molecule has 1 saturated carbocycles. The van der Waals surface area contributed by atoms with Gasteiger partial charge in [0.15, 0.2) is 0 Å². The molecule has 0 aromatic heterocycles. The summed E-state index contributed by atoms with van der Waals surface area (Å²) in [5.74, 6) is 0.660.